The maximum atomic E-state index is 12.6. The van der Waals surface area contributed by atoms with Crippen molar-refractivity contribution in [1.82, 2.24) is 5.32 Å². The van der Waals surface area contributed by atoms with Crippen LogP contribution in [0.4, 0.5) is 10.5 Å². The summed E-state index contributed by atoms with van der Waals surface area (Å²) >= 11 is 0. The zero-order valence-corrected chi connectivity index (χ0v) is 16.1. The molecule has 27 heavy (non-hydrogen) atoms. The lowest BCUT2D eigenvalue weighted by molar-refractivity contribution is -0.157. The topological polar surface area (TPSA) is 76.7 Å². The molecule has 0 heterocycles. The van der Waals surface area contributed by atoms with Crippen molar-refractivity contribution in [2.45, 2.75) is 38.8 Å². The first kappa shape index (κ1) is 20.3. The van der Waals surface area contributed by atoms with Gasteiger partial charge in [-0.3, -0.25) is 0 Å². The van der Waals surface area contributed by atoms with E-state index in [4.69, 9.17) is 9.47 Å². The molecule has 0 aliphatic carbocycles. The molecule has 1 atom stereocenters. The van der Waals surface area contributed by atoms with Crippen molar-refractivity contribution in [3.05, 3.63) is 60.2 Å². The van der Waals surface area contributed by atoms with E-state index in [2.05, 4.69) is 10.6 Å². The Labute approximate surface area is 159 Å². The van der Waals surface area contributed by atoms with E-state index in [1.807, 2.05) is 30.3 Å². The molecule has 0 aliphatic rings. The number of hydrogen-bond acceptors (Lipinski definition) is 4. The molecule has 0 aliphatic heterocycles. The van der Waals surface area contributed by atoms with Crippen LogP contribution in [0.15, 0.2) is 54.6 Å². The Morgan fingerprint density at radius 2 is 1.63 bits per heavy atom. The lowest BCUT2D eigenvalue weighted by Crippen LogP contribution is -2.47. The first-order valence-corrected chi connectivity index (χ1v) is 8.75. The first-order chi connectivity index (χ1) is 12.8. The van der Waals surface area contributed by atoms with Crippen molar-refractivity contribution in [2.24, 2.45) is 0 Å². The van der Waals surface area contributed by atoms with Crippen LogP contribution in [0.3, 0.4) is 0 Å². The highest BCUT2D eigenvalue weighted by atomic mass is 16.6. The molecule has 2 N–H and O–H groups in total. The normalized spacial score (nSPS) is 12.0. The third-order valence-corrected chi connectivity index (χ3v) is 3.63. The van der Waals surface area contributed by atoms with Crippen molar-refractivity contribution in [3.8, 4) is 5.75 Å². The zero-order valence-electron chi connectivity index (χ0n) is 16.1. The van der Waals surface area contributed by atoms with Crippen LogP contribution in [0.2, 0.25) is 0 Å². The maximum absolute atomic E-state index is 12.6. The number of amides is 2. The smallest absolute Gasteiger partial charge is 0.329 e. The molecule has 2 amide bonds. The molecule has 0 saturated carbocycles. The van der Waals surface area contributed by atoms with Gasteiger partial charge in [-0.2, -0.15) is 0 Å². The van der Waals surface area contributed by atoms with Crippen LogP contribution < -0.4 is 15.4 Å². The highest BCUT2D eigenvalue weighted by molar-refractivity contribution is 5.92. The Kier molecular flexibility index (Phi) is 6.82. The number of anilines is 1. The largest absolute Gasteiger partial charge is 0.497 e. The SMILES string of the molecule is COc1ccc(NC(=O)N[C@@H](Cc2ccccc2)C(=O)OC(C)(C)C)cc1. The second-order valence-electron chi connectivity index (χ2n) is 7.10. The number of methoxy groups -OCH3 is 1. The fourth-order valence-corrected chi connectivity index (χ4v) is 2.42. The molecule has 0 bridgehead atoms. The van der Waals surface area contributed by atoms with Gasteiger partial charge in [0.05, 0.1) is 7.11 Å². The molecule has 6 heteroatoms. The number of nitrogens with one attached hydrogen (secondary N) is 2. The predicted molar refractivity (Wildman–Crippen MR) is 105 cm³/mol. The molecule has 6 nitrogen and oxygen atoms in total. The summed E-state index contributed by atoms with van der Waals surface area (Å²) in [5.74, 6) is 0.216. The summed E-state index contributed by atoms with van der Waals surface area (Å²) < 4.78 is 10.5. The van der Waals surface area contributed by atoms with Crippen molar-refractivity contribution in [3.63, 3.8) is 0 Å². The molecule has 0 unspecified atom stereocenters. The highest BCUT2D eigenvalue weighted by Gasteiger charge is 2.27. The van der Waals surface area contributed by atoms with Gasteiger partial charge in [-0.1, -0.05) is 30.3 Å². The fraction of sp³-hybridized carbons (Fsp3) is 0.333. The Morgan fingerprint density at radius 3 is 2.19 bits per heavy atom. The van der Waals surface area contributed by atoms with Gasteiger partial charge in [0.1, 0.15) is 17.4 Å². The standard InChI is InChI=1S/C21H26N2O4/c1-21(2,3)27-19(24)18(14-15-8-6-5-7-9-15)23-20(25)22-16-10-12-17(26-4)13-11-16/h5-13,18H,14H2,1-4H3,(H2,22,23,25)/t18-/m0/s1. The van der Waals surface area contributed by atoms with Gasteiger partial charge >= 0.3 is 12.0 Å². The highest BCUT2D eigenvalue weighted by Crippen LogP contribution is 2.15. The van der Waals surface area contributed by atoms with Crippen LogP contribution in [-0.4, -0.2) is 30.8 Å². The van der Waals surface area contributed by atoms with Crippen LogP contribution in [0.5, 0.6) is 5.75 Å². The van der Waals surface area contributed by atoms with Gasteiger partial charge in [0.25, 0.3) is 0 Å². The third-order valence-electron chi connectivity index (χ3n) is 3.63. The van der Waals surface area contributed by atoms with E-state index in [-0.39, 0.29) is 0 Å². The minimum absolute atomic E-state index is 0.339. The van der Waals surface area contributed by atoms with Crippen LogP contribution in [0.25, 0.3) is 0 Å². The van der Waals surface area contributed by atoms with Crippen LogP contribution in [0.1, 0.15) is 26.3 Å². The first-order valence-electron chi connectivity index (χ1n) is 8.75. The van der Waals surface area contributed by atoms with E-state index in [1.54, 1.807) is 52.1 Å². The van der Waals surface area contributed by atoms with Gasteiger partial charge in [0.2, 0.25) is 0 Å². The summed E-state index contributed by atoms with van der Waals surface area (Å²) in [4.78, 5) is 24.9. The number of carbonyl (C=O) groups excluding carboxylic acids is 2. The van der Waals surface area contributed by atoms with Gasteiger partial charge in [0, 0.05) is 12.1 Å². The summed E-state index contributed by atoms with van der Waals surface area (Å²) in [6, 6.07) is 15.1. The average Bonchev–Trinajstić information content (AvgIpc) is 2.61. The van der Waals surface area contributed by atoms with E-state index < -0.39 is 23.6 Å². The molecule has 0 fully saturated rings. The van der Waals surface area contributed by atoms with E-state index in [0.717, 1.165) is 5.56 Å². The molecule has 0 spiro atoms. The molecule has 0 saturated heterocycles. The van der Waals surface area contributed by atoms with E-state index >= 15 is 0 Å². The summed E-state index contributed by atoms with van der Waals surface area (Å²) in [6.07, 6.45) is 0.339. The van der Waals surface area contributed by atoms with Crippen LogP contribution in [0, 0.1) is 0 Å². The van der Waals surface area contributed by atoms with Crippen molar-refractivity contribution < 1.29 is 19.1 Å². The number of carbonyl (C=O) groups is 2. The predicted octanol–water partition coefficient (Wildman–Crippen LogP) is 3.77. The van der Waals surface area contributed by atoms with Crippen molar-refractivity contribution >= 4 is 17.7 Å². The maximum Gasteiger partial charge on any atom is 0.329 e. The lowest BCUT2D eigenvalue weighted by atomic mass is 10.1. The number of benzene rings is 2. The molecule has 2 aromatic rings. The molecule has 0 radical (unpaired) electrons. The Hall–Kier alpha value is -3.02. The summed E-state index contributed by atoms with van der Waals surface area (Å²) in [7, 11) is 1.57. The second kappa shape index (κ2) is 9.07. The summed E-state index contributed by atoms with van der Waals surface area (Å²) in [6.45, 7) is 5.38. The minimum Gasteiger partial charge on any atom is -0.497 e. The quantitative estimate of drug-likeness (QED) is 0.759. The monoisotopic (exact) mass is 370 g/mol. The van der Waals surface area contributed by atoms with Gasteiger partial charge in [-0.05, 0) is 50.6 Å². The molecular formula is C21H26N2O4. The van der Waals surface area contributed by atoms with Gasteiger partial charge in [-0.25, -0.2) is 9.59 Å². The van der Waals surface area contributed by atoms with E-state index in [9.17, 15) is 9.59 Å². The Balaban J connectivity index is 2.07. The zero-order chi connectivity index (χ0) is 19.9. The average molecular weight is 370 g/mol. The fourth-order valence-electron chi connectivity index (χ4n) is 2.42. The molecule has 2 rings (SSSR count). The van der Waals surface area contributed by atoms with Crippen LogP contribution in [-0.2, 0) is 16.0 Å². The third kappa shape index (κ3) is 7.01. The summed E-state index contributed by atoms with van der Waals surface area (Å²) in [5, 5.41) is 5.42. The minimum atomic E-state index is -0.801. The molecule has 144 valence electrons. The number of rotatable bonds is 6. The number of hydrogen-bond donors (Lipinski definition) is 2. The van der Waals surface area contributed by atoms with Crippen molar-refractivity contribution in [1.29, 1.82) is 0 Å². The van der Waals surface area contributed by atoms with Crippen LogP contribution >= 0.6 is 0 Å². The van der Waals surface area contributed by atoms with Crippen molar-refractivity contribution in [2.75, 3.05) is 12.4 Å². The lowest BCUT2D eigenvalue weighted by Gasteiger charge is -2.24. The molecular weight excluding hydrogens is 344 g/mol. The Bertz CT molecular complexity index is 752. The number of ether oxygens (including phenoxy) is 2. The second-order valence-corrected chi connectivity index (χ2v) is 7.10. The van der Waals surface area contributed by atoms with E-state index in [1.165, 1.54) is 0 Å². The van der Waals surface area contributed by atoms with E-state index in [0.29, 0.717) is 17.9 Å². The van der Waals surface area contributed by atoms with Gasteiger partial charge in [0.15, 0.2) is 0 Å². The molecule has 2 aromatic carbocycles. The summed E-state index contributed by atoms with van der Waals surface area (Å²) in [5.41, 5.74) is 0.884. The van der Waals surface area contributed by atoms with Gasteiger partial charge in [-0.15, -0.1) is 0 Å². The molecule has 0 aromatic heterocycles. The number of esters is 1. The van der Waals surface area contributed by atoms with Gasteiger partial charge < -0.3 is 20.1 Å². The number of urea groups is 1. The Morgan fingerprint density at radius 1 is 1.00 bits per heavy atom.